The number of ether oxygens (including phenoxy) is 1. The first-order valence-electron chi connectivity index (χ1n) is 9.41. The summed E-state index contributed by atoms with van der Waals surface area (Å²) in [7, 11) is -1.94. The molecule has 0 atom stereocenters. The van der Waals surface area contributed by atoms with Crippen LogP contribution in [0.15, 0.2) is 53.4 Å². The van der Waals surface area contributed by atoms with Crippen molar-refractivity contribution < 1.29 is 17.9 Å². The van der Waals surface area contributed by atoms with Crippen LogP contribution < -0.4 is 14.8 Å². The highest BCUT2D eigenvalue weighted by molar-refractivity contribution is 7.89. The number of aromatic nitrogens is 3. The fourth-order valence-electron chi connectivity index (χ4n) is 2.78. The van der Waals surface area contributed by atoms with E-state index >= 15 is 0 Å². The van der Waals surface area contributed by atoms with Crippen LogP contribution in [0.4, 0.5) is 0 Å². The molecule has 1 aliphatic carbocycles. The van der Waals surface area contributed by atoms with Crippen LogP contribution >= 0.6 is 0 Å². The van der Waals surface area contributed by atoms with Crippen molar-refractivity contribution in [3.8, 4) is 17.1 Å². The number of nitrogens with one attached hydrogen (secondary N) is 3. The number of sulfonamides is 1. The lowest BCUT2D eigenvalue weighted by atomic mass is 10.2. The van der Waals surface area contributed by atoms with E-state index in [0.29, 0.717) is 17.2 Å². The molecule has 1 heterocycles. The number of methoxy groups -OCH3 is 1. The highest BCUT2D eigenvalue weighted by Crippen LogP contribution is 2.22. The second-order valence-electron chi connectivity index (χ2n) is 6.94. The maximum absolute atomic E-state index is 12.4. The summed E-state index contributed by atoms with van der Waals surface area (Å²) >= 11 is 0. The maximum Gasteiger partial charge on any atom is 0.251 e. The fraction of sp³-hybridized carbons (Fsp3) is 0.250. The molecule has 1 saturated carbocycles. The zero-order valence-electron chi connectivity index (χ0n) is 16.3. The minimum absolute atomic E-state index is 0.0303. The lowest BCUT2D eigenvalue weighted by molar-refractivity contribution is 0.0950. The normalized spacial score (nSPS) is 13.8. The first-order chi connectivity index (χ1) is 14.4. The van der Waals surface area contributed by atoms with E-state index in [9.17, 15) is 13.2 Å². The van der Waals surface area contributed by atoms with Crippen molar-refractivity contribution >= 4 is 15.9 Å². The molecule has 9 nitrogen and oxygen atoms in total. The summed E-state index contributed by atoms with van der Waals surface area (Å²) in [6.07, 6.45) is 1.73. The first kappa shape index (κ1) is 20.0. The summed E-state index contributed by atoms with van der Waals surface area (Å²) in [4.78, 5) is 16.9. The number of hydrogen-bond donors (Lipinski definition) is 3. The van der Waals surface area contributed by atoms with Gasteiger partial charge in [-0.2, -0.15) is 5.10 Å². The number of hydrogen-bond acceptors (Lipinski definition) is 6. The Morgan fingerprint density at radius 1 is 1.13 bits per heavy atom. The highest BCUT2D eigenvalue weighted by atomic mass is 32.2. The Morgan fingerprint density at radius 2 is 1.83 bits per heavy atom. The van der Waals surface area contributed by atoms with E-state index < -0.39 is 10.0 Å². The van der Waals surface area contributed by atoms with Gasteiger partial charge in [0.15, 0.2) is 5.82 Å². The van der Waals surface area contributed by atoms with Gasteiger partial charge in [-0.3, -0.25) is 9.89 Å². The third kappa shape index (κ3) is 4.66. The average molecular weight is 427 g/mol. The fourth-order valence-corrected chi connectivity index (χ4v) is 4.09. The van der Waals surface area contributed by atoms with Crippen molar-refractivity contribution in [3.63, 3.8) is 0 Å². The molecule has 0 bridgehead atoms. The van der Waals surface area contributed by atoms with Crippen LogP contribution in [0, 0.1) is 0 Å². The molecule has 30 heavy (non-hydrogen) atoms. The molecule has 1 amide bonds. The summed E-state index contributed by atoms with van der Waals surface area (Å²) < 4.78 is 32.1. The standard InChI is InChI=1S/C20H21N5O4S/c1-29-16-8-2-13(3-9-16)19-22-18(23-24-19)12-21-20(26)14-4-10-17(11-5-14)30(27,28)25-15-6-7-15/h2-5,8-11,15,25H,6-7,12H2,1H3,(H,21,26)(H,22,23,24). The molecule has 156 valence electrons. The van der Waals surface area contributed by atoms with Crippen LogP contribution in [0.1, 0.15) is 29.0 Å². The largest absolute Gasteiger partial charge is 0.497 e. The SMILES string of the molecule is COc1ccc(-c2n[nH]c(CNC(=O)c3ccc(S(=O)(=O)NC4CC4)cc3)n2)cc1. The maximum atomic E-state index is 12.4. The molecule has 0 spiro atoms. The van der Waals surface area contributed by atoms with Gasteiger partial charge in [-0.25, -0.2) is 18.1 Å². The van der Waals surface area contributed by atoms with Gasteiger partial charge in [0.1, 0.15) is 11.6 Å². The number of carbonyl (C=O) groups excluding carboxylic acids is 1. The van der Waals surface area contributed by atoms with Gasteiger partial charge in [-0.15, -0.1) is 0 Å². The Labute approximate surface area is 173 Å². The molecule has 1 aromatic heterocycles. The van der Waals surface area contributed by atoms with Crippen LogP contribution in [0.25, 0.3) is 11.4 Å². The van der Waals surface area contributed by atoms with Gasteiger partial charge >= 0.3 is 0 Å². The van der Waals surface area contributed by atoms with E-state index in [1.54, 1.807) is 7.11 Å². The van der Waals surface area contributed by atoms with Crippen molar-refractivity contribution in [1.82, 2.24) is 25.2 Å². The quantitative estimate of drug-likeness (QED) is 0.504. The number of H-pyrrole nitrogens is 1. The van der Waals surface area contributed by atoms with E-state index in [2.05, 4.69) is 25.2 Å². The Morgan fingerprint density at radius 3 is 2.47 bits per heavy atom. The number of nitrogens with zero attached hydrogens (tertiary/aromatic N) is 2. The van der Waals surface area contributed by atoms with Gasteiger partial charge in [0.25, 0.3) is 5.91 Å². The minimum atomic E-state index is -3.54. The zero-order chi connectivity index (χ0) is 21.1. The lowest BCUT2D eigenvalue weighted by Gasteiger charge is -2.07. The number of carbonyl (C=O) groups is 1. The Bertz CT molecular complexity index is 1140. The summed E-state index contributed by atoms with van der Waals surface area (Å²) in [5.41, 5.74) is 1.18. The number of amides is 1. The van der Waals surface area contributed by atoms with E-state index in [0.717, 1.165) is 24.2 Å². The van der Waals surface area contributed by atoms with Crippen LogP contribution in [0.3, 0.4) is 0 Å². The zero-order valence-corrected chi connectivity index (χ0v) is 17.1. The first-order valence-corrected chi connectivity index (χ1v) is 10.9. The van der Waals surface area contributed by atoms with Crippen molar-refractivity contribution in [1.29, 1.82) is 0 Å². The summed E-state index contributed by atoms with van der Waals surface area (Å²) in [5, 5.41) is 9.70. The van der Waals surface area contributed by atoms with E-state index in [-0.39, 0.29) is 23.4 Å². The summed E-state index contributed by atoms with van der Waals surface area (Å²) in [6.45, 7) is 0.158. The predicted molar refractivity (Wildman–Crippen MR) is 109 cm³/mol. The molecule has 3 N–H and O–H groups in total. The smallest absolute Gasteiger partial charge is 0.251 e. The minimum Gasteiger partial charge on any atom is -0.497 e. The summed E-state index contributed by atoms with van der Waals surface area (Å²) in [5.74, 6) is 1.42. The third-order valence-electron chi connectivity index (χ3n) is 4.62. The van der Waals surface area contributed by atoms with Crippen LogP contribution in [0.5, 0.6) is 5.75 Å². The summed E-state index contributed by atoms with van der Waals surface area (Å²) in [6, 6.07) is 13.2. The van der Waals surface area contributed by atoms with Crippen molar-refractivity contribution in [2.45, 2.75) is 30.3 Å². The second-order valence-corrected chi connectivity index (χ2v) is 8.65. The van der Waals surface area contributed by atoms with Crippen molar-refractivity contribution in [2.75, 3.05) is 7.11 Å². The Balaban J connectivity index is 1.36. The van der Waals surface area contributed by atoms with Crippen LogP contribution in [0.2, 0.25) is 0 Å². The molecule has 0 saturated heterocycles. The topological polar surface area (TPSA) is 126 Å². The molecule has 0 unspecified atom stereocenters. The average Bonchev–Trinajstić information content (AvgIpc) is 3.44. The molecule has 0 aliphatic heterocycles. The number of aromatic amines is 1. The molecular weight excluding hydrogens is 406 g/mol. The van der Waals surface area contributed by atoms with Crippen molar-refractivity contribution in [3.05, 3.63) is 59.9 Å². The third-order valence-corrected chi connectivity index (χ3v) is 6.16. The van der Waals surface area contributed by atoms with Gasteiger partial charge in [-0.05, 0) is 61.4 Å². The van der Waals surface area contributed by atoms with E-state index in [1.165, 1.54) is 24.3 Å². The monoisotopic (exact) mass is 427 g/mol. The number of rotatable bonds is 8. The van der Waals surface area contributed by atoms with Gasteiger partial charge in [0.2, 0.25) is 10.0 Å². The molecule has 1 aliphatic rings. The predicted octanol–water partition coefficient (Wildman–Crippen LogP) is 1.85. The van der Waals surface area contributed by atoms with Gasteiger partial charge < -0.3 is 10.1 Å². The highest BCUT2D eigenvalue weighted by Gasteiger charge is 2.27. The van der Waals surface area contributed by atoms with Gasteiger partial charge in [0.05, 0.1) is 18.6 Å². The Hall–Kier alpha value is -3.24. The molecule has 4 rings (SSSR count). The van der Waals surface area contributed by atoms with E-state index in [4.69, 9.17) is 4.74 Å². The molecule has 3 aromatic rings. The van der Waals surface area contributed by atoms with E-state index in [1.807, 2.05) is 24.3 Å². The van der Waals surface area contributed by atoms with Crippen molar-refractivity contribution in [2.24, 2.45) is 0 Å². The Kier molecular flexibility index (Phi) is 5.51. The molecular formula is C20H21N5O4S. The second kappa shape index (κ2) is 8.25. The van der Waals surface area contributed by atoms with Gasteiger partial charge in [-0.1, -0.05) is 0 Å². The van der Waals surface area contributed by atoms with Crippen LogP contribution in [-0.4, -0.2) is 42.7 Å². The number of benzene rings is 2. The molecule has 0 radical (unpaired) electrons. The van der Waals surface area contributed by atoms with Gasteiger partial charge in [0, 0.05) is 17.2 Å². The van der Waals surface area contributed by atoms with Crippen LogP contribution in [-0.2, 0) is 16.6 Å². The molecule has 2 aromatic carbocycles. The molecule has 1 fully saturated rings. The molecule has 10 heteroatoms. The lowest BCUT2D eigenvalue weighted by Crippen LogP contribution is -2.26.